The van der Waals surface area contributed by atoms with E-state index in [0.29, 0.717) is 6.54 Å². The smallest absolute Gasteiger partial charge is 0.368 e. The van der Waals surface area contributed by atoms with Crippen LogP contribution in [0.2, 0.25) is 0 Å². The van der Waals surface area contributed by atoms with E-state index < -0.39 is 17.8 Å². The number of hydrogen-bond donors (Lipinski definition) is 2. The zero-order valence-electron chi connectivity index (χ0n) is 10.7. The van der Waals surface area contributed by atoms with Gasteiger partial charge < -0.3 is 11.1 Å². The lowest BCUT2D eigenvalue weighted by Gasteiger charge is -2.10. The number of nitrogens with two attached hydrogens (primary N) is 1. The molecule has 106 valence electrons. The van der Waals surface area contributed by atoms with Crippen molar-refractivity contribution < 1.29 is 13.2 Å². The van der Waals surface area contributed by atoms with Crippen molar-refractivity contribution in [2.45, 2.75) is 19.6 Å². The molecule has 0 unspecified atom stereocenters. The number of alkyl halides is 3. The van der Waals surface area contributed by atoms with Crippen molar-refractivity contribution in [1.82, 2.24) is 9.97 Å². The van der Waals surface area contributed by atoms with E-state index in [4.69, 9.17) is 5.73 Å². The van der Waals surface area contributed by atoms with Crippen LogP contribution >= 0.6 is 0 Å². The maximum atomic E-state index is 12.6. The molecule has 0 amide bonds. The van der Waals surface area contributed by atoms with E-state index >= 15 is 0 Å². The Kier molecular flexibility index (Phi) is 3.78. The van der Waals surface area contributed by atoms with Gasteiger partial charge in [-0.25, -0.2) is 4.98 Å². The quantitative estimate of drug-likeness (QED) is 0.908. The molecule has 0 fully saturated rings. The van der Waals surface area contributed by atoms with E-state index in [1.54, 1.807) is 0 Å². The summed E-state index contributed by atoms with van der Waals surface area (Å²) in [5.41, 5.74) is 6.24. The van der Waals surface area contributed by atoms with Crippen LogP contribution < -0.4 is 11.1 Å². The molecule has 0 saturated carbocycles. The summed E-state index contributed by atoms with van der Waals surface area (Å²) < 4.78 is 37.8. The van der Waals surface area contributed by atoms with Crippen LogP contribution in [0.1, 0.15) is 16.8 Å². The summed E-state index contributed by atoms with van der Waals surface area (Å²) in [5, 5.41) is 2.81. The highest BCUT2D eigenvalue weighted by molar-refractivity contribution is 5.42. The Hall–Kier alpha value is -2.31. The molecule has 0 atom stereocenters. The molecule has 2 aromatic rings. The fourth-order valence-corrected chi connectivity index (χ4v) is 1.72. The molecule has 20 heavy (non-hydrogen) atoms. The summed E-state index contributed by atoms with van der Waals surface area (Å²) >= 11 is 0. The van der Waals surface area contributed by atoms with Crippen LogP contribution in [-0.2, 0) is 12.7 Å². The number of hydrogen-bond acceptors (Lipinski definition) is 4. The lowest BCUT2D eigenvalue weighted by molar-refractivity contribution is -0.141. The third kappa shape index (κ3) is 3.59. The van der Waals surface area contributed by atoms with Crippen molar-refractivity contribution in [3.8, 4) is 0 Å². The maximum absolute atomic E-state index is 12.6. The fourth-order valence-electron chi connectivity index (χ4n) is 1.72. The molecule has 1 aromatic heterocycles. The van der Waals surface area contributed by atoms with E-state index in [-0.39, 0.29) is 5.82 Å². The van der Waals surface area contributed by atoms with Crippen molar-refractivity contribution in [1.29, 1.82) is 0 Å². The zero-order chi connectivity index (χ0) is 14.8. The van der Waals surface area contributed by atoms with Crippen molar-refractivity contribution in [3.63, 3.8) is 0 Å². The first kappa shape index (κ1) is 14.1. The predicted molar refractivity (Wildman–Crippen MR) is 70.0 cm³/mol. The summed E-state index contributed by atoms with van der Waals surface area (Å²) in [6.45, 7) is 2.30. The minimum atomic E-state index is -4.54. The lowest BCUT2D eigenvalue weighted by atomic mass is 10.1. The average molecular weight is 282 g/mol. The molecule has 1 heterocycles. The molecule has 4 nitrogen and oxygen atoms in total. The first-order chi connectivity index (χ1) is 9.34. The highest BCUT2D eigenvalue weighted by Crippen LogP contribution is 2.29. The molecule has 0 bridgehead atoms. The van der Waals surface area contributed by atoms with Gasteiger partial charge in [0.15, 0.2) is 5.69 Å². The van der Waals surface area contributed by atoms with Gasteiger partial charge >= 0.3 is 6.18 Å². The van der Waals surface area contributed by atoms with Gasteiger partial charge in [-0.1, -0.05) is 29.8 Å². The number of aryl methyl sites for hydroxylation is 1. The number of nitrogens with one attached hydrogen (secondary N) is 1. The van der Waals surface area contributed by atoms with Gasteiger partial charge in [-0.3, -0.25) is 0 Å². The van der Waals surface area contributed by atoms with Gasteiger partial charge in [0, 0.05) is 12.6 Å². The van der Waals surface area contributed by atoms with Crippen molar-refractivity contribution in [2.24, 2.45) is 0 Å². The van der Waals surface area contributed by atoms with Crippen molar-refractivity contribution in [3.05, 3.63) is 47.2 Å². The third-order valence-corrected chi connectivity index (χ3v) is 2.59. The summed E-state index contributed by atoms with van der Waals surface area (Å²) in [6, 6.07) is 8.46. The number of anilines is 2. The van der Waals surface area contributed by atoms with Crippen LogP contribution in [0, 0.1) is 6.92 Å². The van der Waals surface area contributed by atoms with Gasteiger partial charge in [-0.05, 0) is 12.5 Å². The summed E-state index contributed by atoms with van der Waals surface area (Å²) in [5.74, 6) is -0.363. The summed E-state index contributed by atoms with van der Waals surface area (Å²) in [6.07, 6.45) is -4.54. The van der Waals surface area contributed by atoms with Gasteiger partial charge in [0.2, 0.25) is 5.95 Å². The third-order valence-electron chi connectivity index (χ3n) is 2.59. The molecule has 0 radical (unpaired) electrons. The molecule has 0 saturated heterocycles. The van der Waals surface area contributed by atoms with E-state index in [0.717, 1.165) is 17.2 Å². The van der Waals surface area contributed by atoms with Crippen LogP contribution in [0.5, 0.6) is 0 Å². The molecular formula is C13H13F3N4. The van der Waals surface area contributed by atoms with E-state index in [9.17, 15) is 13.2 Å². The Morgan fingerprint density at radius 1 is 1.20 bits per heavy atom. The Bertz CT molecular complexity index is 611. The lowest BCUT2D eigenvalue weighted by Crippen LogP contribution is -2.13. The van der Waals surface area contributed by atoms with Gasteiger partial charge in [0.1, 0.15) is 5.82 Å². The zero-order valence-corrected chi connectivity index (χ0v) is 10.7. The number of nitrogens with zero attached hydrogens (tertiary/aromatic N) is 2. The second kappa shape index (κ2) is 5.36. The Labute approximate surface area is 113 Å². The molecule has 0 aliphatic heterocycles. The van der Waals surface area contributed by atoms with Crippen LogP contribution in [0.15, 0.2) is 30.3 Å². The number of benzene rings is 1. The Balaban J connectivity index is 2.16. The standard InChI is InChI=1S/C13H13F3N4/c1-8-3-2-4-9(5-8)7-18-11-6-10(13(14,15)16)19-12(17)20-11/h2-6H,7H2,1H3,(H3,17,18,19,20). The second-order valence-corrected chi connectivity index (χ2v) is 4.34. The monoisotopic (exact) mass is 282 g/mol. The summed E-state index contributed by atoms with van der Waals surface area (Å²) in [4.78, 5) is 6.92. The topological polar surface area (TPSA) is 63.8 Å². The van der Waals surface area contributed by atoms with E-state index in [1.165, 1.54) is 0 Å². The van der Waals surface area contributed by atoms with Gasteiger partial charge in [0.25, 0.3) is 0 Å². The SMILES string of the molecule is Cc1cccc(CNc2cc(C(F)(F)F)nc(N)n2)c1. The predicted octanol–water partition coefficient (Wildman–Crippen LogP) is 3.00. The molecule has 0 spiro atoms. The number of halogens is 3. The first-order valence-corrected chi connectivity index (χ1v) is 5.86. The molecule has 0 aliphatic rings. The van der Waals surface area contributed by atoms with Crippen LogP contribution in [-0.4, -0.2) is 9.97 Å². The fraction of sp³-hybridized carbons (Fsp3) is 0.231. The largest absolute Gasteiger partial charge is 0.433 e. The summed E-state index contributed by atoms with van der Waals surface area (Å²) in [7, 11) is 0. The maximum Gasteiger partial charge on any atom is 0.433 e. The molecule has 7 heteroatoms. The van der Waals surface area contributed by atoms with Crippen molar-refractivity contribution >= 4 is 11.8 Å². The second-order valence-electron chi connectivity index (χ2n) is 4.34. The average Bonchev–Trinajstić information content (AvgIpc) is 2.35. The number of rotatable bonds is 3. The Morgan fingerprint density at radius 2 is 1.95 bits per heavy atom. The van der Waals surface area contributed by atoms with E-state index in [1.807, 2.05) is 31.2 Å². The molecular weight excluding hydrogens is 269 g/mol. The molecule has 1 aromatic carbocycles. The van der Waals surface area contributed by atoms with Crippen LogP contribution in [0.4, 0.5) is 24.9 Å². The van der Waals surface area contributed by atoms with Gasteiger partial charge in [0.05, 0.1) is 0 Å². The Morgan fingerprint density at radius 3 is 2.60 bits per heavy atom. The number of nitrogen functional groups attached to an aromatic ring is 1. The van der Waals surface area contributed by atoms with E-state index in [2.05, 4.69) is 15.3 Å². The minimum absolute atomic E-state index is 0.0475. The van der Waals surface area contributed by atoms with Crippen molar-refractivity contribution in [2.75, 3.05) is 11.1 Å². The molecule has 0 aliphatic carbocycles. The highest BCUT2D eigenvalue weighted by atomic mass is 19.4. The molecule has 3 N–H and O–H groups in total. The number of aromatic nitrogens is 2. The van der Waals surface area contributed by atoms with Crippen LogP contribution in [0.25, 0.3) is 0 Å². The highest BCUT2D eigenvalue weighted by Gasteiger charge is 2.33. The minimum Gasteiger partial charge on any atom is -0.368 e. The normalized spacial score (nSPS) is 11.4. The van der Waals surface area contributed by atoms with Gasteiger partial charge in [-0.2, -0.15) is 18.2 Å². The van der Waals surface area contributed by atoms with Gasteiger partial charge in [-0.15, -0.1) is 0 Å². The first-order valence-electron chi connectivity index (χ1n) is 5.86. The molecule has 2 rings (SSSR count). The van der Waals surface area contributed by atoms with Crippen LogP contribution in [0.3, 0.4) is 0 Å².